The second kappa shape index (κ2) is 5.54. The number of benzene rings is 3. The van der Waals surface area contributed by atoms with Crippen LogP contribution in [0.1, 0.15) is 27.7 Å². The van der Waals surface area contributed by atoms with E-state index in [1.54, 1.807) is 0 Å². The van der Waals surface area contributed by atoms with Crippen LogP contribution in [0, 0.1) is 0 Å². The number of pyridine rings is 1. The van der Waals surface area contributed by atoms with Gasteiger partial charge in [-0.2, -0.15) is 0 Å². The Labute approximate surface area is 159 Å². The fourth-order valence-corrected chi connectivity index (χ4v) is 3.96. The van der Waals surface area contributed by atoms with Crippen molar-refractivity contribution in [3.63, 3.8) is 0 Å². The Morgan fingerprint density at radius 2 is 1.52 bits per heavy atom. The van der Waals surface area contributed by atoms with Crippen LogP contribution in [0.25, 0.3) is 32.3 Å². The van der Waals surface area contributed by atoms with Crippen LogP contribution in [-0.2, 0) is 9.31 Å². The molecule has 0 N–H and O–H groups in total. The maximum absolute atomic E-state index is 6.42. The number of hydrogen-bond acceptors (Lipinski definition) is 3. The van der Waals surface area contributed by atoms with E-state index in [9.17, 15) is 0 Å². The van der Waals surface area contributed by atoms with E-state index in [0.29, 0.717) is 0 Å². The smallest absolute Gasteiger partial charge is 0.399 e. The van der Waals surface area contributed by atoms with Crippen molar-refractivity contribution in [1.82, 2.24) is 4.98 Å². The fraction of sp³-hybridized carbons (Fsp3) is 0.261. The highest BCUT2D eigenvalue weighted by atomic mass is 16.7. The Morgan fingerprint density at radius 1 is 0.778 bits per heavy atom. The second-order valence-corrected chi connectivity index (χ2v) is 8.36. The summed E-state index contributed by atoms with van der Waals surface area (Å²) in [4.78, 5) is 4.35. The third-order valence-electron chi connectivity index (χ3n) is 6.18. The standard InChI is InChI=1S/C23H22BNO2/c1-22(2)23(3,4)27-24(26-22)20-13-16-11-12-25-14-19(16)18-10-9-15-7-5-6-8-17(15)21(18)20/h5-14H,1-4H3. The topological polar surface area (TPSA) is 31.4 Å². The lowest BCUT2D eigenvalue weighted by atomic mass is 9.74. The van der Waals surface area contributed by atoms with E-state index in [2.05, 4.69) is 81.2 Å². The van der Waals surface area contributed by atoms with Crippen LogP contribution in [0.3, 0.4) is 0 Å². The quantitative estimate of drug-likeness (QED) is 0.362. The van der Waals surface area contributed by atoms with E-state index < -0.39 is 7.12 Å². The molecule has 0 unspecified atom stereocenters. The monoisotopic (exact) mass is 355 g/mol. The minimum Gasteiger partial charge on any atom is -0.399 e. The van der Waals surface area contributed by atoms with Crippen molar-refractivity contribution in [3.8, 4) is 0 Å². The van der Waals surface area contributed by atoms with Gasteiger partial charge < -0.3 is 9.31 Å². The molecule has 0 atom stereocenters. The summed E-state index contributed by atoms with van der Waals surface area (Å²) in [7, 11) is -0.402. The van der Waals surface area contributed by atoms with Crippen molar-refractivity contribution in [2.45, 2.75) is 38.9 Å². The summed E-state index contributed by atoms with van der Waals surface area (Å²) in [6.07, 6.45) is 3.78. The zero-order valence-electron chi connectivity index (χ0n) is 16.1. The number of rotatable bonds is 1. The van der Waals surface area contributed by atoms with Crippen molar-refractivity contribution in [3.05, 3.63) is 60.9 Å². The highest BCUT2D eigenvalue weighted by molar-refractivity contribution is 6.66. The van der Waals surface area contributed by atoms with Crippen LogP contribution >= 0.6 is 0 Å². The Balaban J connectivity index is 1.89. The molecule has 4 aromatic rings. The van der Waals surface area contributed by atoms with Gasteiger partial charge in [-0.3, -0.25) is 4.98 Å². The van der Waals surface area contributed by atoms with Gasteiger partial charge in [-0.25, -0.2) is 0 Å². The average Bonchev–Trinajstić information content (AvgIpc) is 2.88. The first kappa shape index (κ1) is 16.7. The van der Waals surface area contributed by atoms with Crippen LogP contribution in [0.5, 0.6) is 0 Å². The molecule has 0 amide bonds. The van der Waals surface area contributed by atoms with E-state index in [-0.39, 0.29) is 11.2 Å². The molecule has 4 heteroatoms. The summed E-state index contributed by atoms with van der Waals surface area (Å²) in [6, 6.07) is 17.1. The van der Waals surface area contributed by atoms with Gasteiger partial charge in [-0.05, 0) is 66.2 Å². The summed E-state index contributed by atoms with van der Waals surface area (Å²) < 4.78 is 12.8. The minimum atomic E-state index is -0.402. The minimum absolute atomic E-state index is 0.373. The molecule has 27 heavy (non-hydrogen) atoms. The average molecular weight is 355 g/mol. The molecule has 1 aliphatic rings. The van der Waals surface area contributed by atoms with Crippen molar-refractivity contribution in [2.24, 2.45) is 0 Å². The lowest BCUT2D eigenvalue weighted by molar-refractivity contribution is 0.00578. The van der Waals surface area contributed by atoms with Gasteiger partial charge in [0.1, 0.15) is 0 Å². The third kappa shape index (κ3) is 2.40. The number of nitrogens with zero attached hydrogens (tertiary/aromatic N) is 1. The van der Waals surface area contributed by atoms with Gasteiger partial charge in [0.25, 0.3) is 0 Å². The summed E-state index contributed by atoms with van der Waals surface area (Å²) in [5, 5.41) is 7.10. The summed E-state index contributed by atoms with van der Waals surface area (Å²) in [5.41, 5.74) is 0.336. The third-order valence-corrected chi connectivity index (χ3v) is 6.18. The van der Waals surface area contributed by atoms with Gasteiger partial charge in [0.2, 0.25) is 0 Å². The largest absolute Gasteiger partial charge is 0.495 e. The van der Waals surface area contributed by atoms with E-state index in [4.69, 9.17) is 9.31 Å². The van der Waals surface area contributed by atoms with Crippen LogP contribution in [-0.4, -0.2) is 23.3 Å². The zero-order chi connectivity index (χ0) is 18.8. The highest BCUT2D eigenvalue weighted by Crippen LogP contribution is 2.38. The van der Waals surface area contributed by atoms with Crippen LogP contribution in [0.15, 0.2) is 60.9 Å². The lowest BCUT2D eigenvalue weighted by Gasteiger charge is -2.32. The van der Waals surface area contributed by atoms with Crippen molar-refractivity contribution in [1.29, 1.82) is 0 Å². The molecule has 0 saturated carbocycles. The molecule has 1 saturated heterocycles. The Hall–Kier alpha value is -2.43. The van der Waals surface area contributed by atoms with E-state index in [1.165, 1.54) is 21.5 Å². The van der Waals surface area contributed by atoms with Crippen molar-refractivity contribution < 1.29 is 9.31 Å². The van der Waals surface area contributed by atoms with Gasteiger partial charge in [0.05, 0.1) is 11.2 Å². The molecule has 1 fully saturated rings. The molecule has 134 valence electrons. The maximum atomic E-state index is 6.42. The first-order valence-corrected chi connectivity index (χ1v) is 9.41. The molecule has 0 spiro atoms. The zero-order valence-corrected chi connectivity index (χ0v) is 16.1. The van der Waals surface area contributed by atoms with E-state index >= 15 is 0 Å². The van der Waals surface area contributed by atoms with Crippen LogP contribution < -0.4 is 5.46 Å². The SMILES string of the molecule is CC1(C)OB(c2cc3ccncc3c3ccc4ccccc4c23)OC1(C)C. The highest BCUT2D eigenvalue weighted by Gasteiger charge is 2.52. The molecule has 0 radical (unpaired) electrons. The first-order valence-electron chi connectivity index (χ1n) is 9.41. The number of hydrogen-bond donors (Lipinski definition) is 0. The normalized spacial score (nSPS) is 18.6. The molecular formula is C23H22BNO2. The van der Waals surface area contributed by atoms with Crippen molar-refractivity contribution in [2.75, 3.05) is 0 Å². The molecule has 3 nitrogen and oxygen atoms in total. The summed E-state index contributed by atoms with van der Waals surface area (Å²) in [6.45, 7) is 8.38. The predicted octanol–water partition coefficient (Wildman–Crippen LogP) is 4.84. The number of fused-ring (bicyclic) bond motifs is 5. The van der Waals surface area contributed by atoms with Gasteiger partial charge in [0.15, 0.2) is 0 Å². The van der Waals surface area contributed by atoms with Gasteiger partial charge >= 0.3 is 7.12 Å². The number of aromatic nitrogens is 1. The van der Waals surface area contributed by atoms with Crippen LogP contribution in [0.2, 0.25) is 0 Å². The van der Waals surface area contributed by atoms with Gasteiger partial charge in [-0.1, -0.05) is 42.5 Å². The molecule has 0 bridgehead atoms. The van der Waals surface area contributed by atoms with E-state index in [0.717, 1.165) is 16.2 Å². The predicted molar refractivity (Wildman–Crippen MR) is 112 cm³/mol. The van der Waals surface area contributed by atoms with Crippen molar-refractivity contribution >= 4 is 44.9 Å². The molecule has 1 aliphatic heterocycles. The van der Waals surface area contributed by atoms with Gasteiger partial charge in [-0.15, -0.1) is 0 Å². The van der Waals surface area contributed by atoms with Gasteiger partial charge in [0, 0.05) is 17.8 Å². The summed E-state index contributed by atoms with van der Waals surface area (Å²) >= 11 is 0. The molecule has 3 aromatic carbocycles. The van der Waals surface area contributed by atoms with Crippen LogP contribution in [0.4, 0.5) is 0 Å². The lowest BCUT2D eigenvalue weighted by Crippen LogP contribution is -2.41. The second-order valence-electron chi connectivity index (χ2n) is 8.36. The Morgan fingerprint density at radius 3 is 2.30 bits per heavy atom. The summed E-state index contributed by atoms with van der Waals surface area (Å²) in [5.74, 6) is 0. The molecule has 2 heterocycles. The molecule has 0 aliphatic carbocycles. The fourth-order valence-electron chi connectivity index (χ4n) is 3.96. The van der Waals surface area contributed by atoms with E-state index in [1.807, 2.05) is 12.4 Å². The first-order chi connectivity index (χ1) is 12.9. The maximum Gasteiger partial charge on any atom is 0.495 e. The molecule has 5 rings (SSSR count). The molecular weight excluding hydrogens is 333 g/mol. The Kier molecular flexibility index (Phi) is 3.43. The molecule has 1 aromatic heterocycles. The Bertz CT molecular complexity index is 1180.